The molecule has 0 heterocycles. The standard InChI is InChI=1S/C7H16O2.Mg.2H/c1-7(2,3)6-9-5-4-8;;;/h8H,4-6H2,1-3H3;;;/q;+2;2*-1. The normalized spacial score (nSPS) is 10.8. The molecule has 10 heavy (non-hydrogen) atoms. The molecule has 1 N–H and O–H groups in total. The zero-order valence-corrected chi connectivity index (χ0v) is 8.60. The molecule has 0 aliphatic carbocycles. The smallest absolute Gasteiger partial charge is 1.00 e. The Balaban J connectivity index is -0.000000107. The fraction of sp³-hybridized carbons (Fsp3) is 1.00. The Morgan fingerprint density at radius 1 is 1.40 bits per heavy atom. The van der Waals surface area contributed by atoms with Gasteiger partial charge < -0.3 is 12.7 Å². The molecule has 2 nitrogen and oxygen atoms in total. The van der Waals surface area contributed by atoms with Gasteiger partial charge in [-0.25, -0.2) is 0 Å². The third-order valence-electron chi connectivity index (χ3n) is 0.771. The van der Waals surface area contributed by atoms with Crippen molar-refractivity contribution in [1.82, 2.24) is 0 Å². The second-order valence-corrected chi connectivity index (χ2v) is 3.34. The van der Waals surface area contributed by atoms with Crippen LogP contribution in [0.25, 0.3) is 0 Å². The molecule has 0 aromatic rings. The van der Waals surface area contributed by atoms with E-state index >= 15 is 0 Å². The van der Waals surface area contributed by atoms with Crippen LogP contribution in [0.5, 0.6) is 0 Å². The van der Waals surface area contributed by atoms with Crippen LogP contribution in [-0.4, -0.2) is 48.0 Å². The van der Waals surface area contributed by atoms with Crippen molar-refractivity contribution in [2.75, 3.05) is 19.8 Å². The Morgan fingerprint density at radius 2 is 1.90 bits per heavy atom. The SMILES string of the molecule is CC(C)(C)COCCO.[H-].[H-].[Mg+2]. The summed E-state index contributed by atoms with van der Waals surface area (Å²) in [5.74, 6) is 0. The third-order valence-corrected chi connectivity index (χ3v) is 0.771. The van der Waals surface area contributed by atoms with Crippen LogP contribution in [0, 0.1) is 5.41 Å². The molecule has 3 heteroatoms. The number of rotatable bonds is 3. The quantitative estimate of drug-likeness (QED) is 0.488. The largest absolute Gasteiger partial charge is 2.00 e. The molecule has 0 aliphatic heterocycles. The van der Waals surface area contributed by atoms with E-state index in [1.54, 1.807) is 0 Å². The predicted molar refractivity (Wildman–Crippen MR) is 45.3 cm³/mol. The van der Waals surface area contributed by atoms with Crippen molar-refractivity contribution in [1.29, 1.82) is 0 Å². The summed E-state index contributed by atoms with van der Waals surface area (Å²) in [6, 6.07) is 0. The van der Waals surface area contributed by atoms with Gasteiger partial charge in [-0.1, -0.05) is 20.8 Å². The van der Waals surface area contributed by atoms with E-state index in [9.17, 15) is 0 Å². The number of hydrogen-bond donors (Lipinski definition) is 1. The van der Waals surface area contributed by atoms with Gasteiger partial charge in [-0.3, -0.25) is 0 Å². The van der Waals surface area contributed by atoms with Crippen molar-refractivity contribution >= 4 is 23.1 Å². The summed E-state index contributed by atoms with van der Waals surface area (Å²) >= 11 is 0. The zero-order valence-electron chi connectivity index (χ0n) is 9.18. The van der Waals surface area contributed by atoms with E-state index in [1.165, 1.54) is 0 Å². The van der Waals surface area contributed by atoms with Gasteiger partial charge >= 0.3 is 23.1 Å². The Kier molecular flexibility index (Phi) is 8.50. The Morgan fingerprint density at radius 3 is 2.20 bits per heavy atom. The van der Waals surface area contributed by atoms with Gasteiger partial charge in [0.05, 0.1) is 19.8 Å². The van der Waals surface area contributed by atoms with Crippen molar-refractivity contribution < 1.29 is 12.7 Å². The summed E-state index contributed by atoms with van der Waals surface area (Å²) in [5.41, 5.74) is 0.217. The molecule has 0 spiro atoms. The molecule has 0 unspecified atom stereocenters. The summed E-state index contributed by atoms with van der Waals surface area (Å²) in [6.45, 7) is 7.60. The van der Waals surface area contributed by atoms with Crippen molar-refractivity contribution in [2.45, 2.75) is 20.8 Å². The van der Waals surface area contributed by atoms with Crippen LogP contribution in [-0.2, 0) is 4.74 Å². The van der Waals surface area contributed by atoms with Crippen molar-refractivity contribution in [3.8, 4) is 0 Å². The van der Waals surface area contributed by atoms with E-state index in [-0.39, 0.29) is 37.9 Å². The van der Waals surface area contributed by atoms with E-state index in [0.717, 1.165) is 0 Å². The summed E-state index contributed by atoms with van der Waals surface area (Å²) in [4.78, 5) is 0. The van der Waals surface area contributed by atoms with Crippen LogP contribution in [0.2, 0.25) is 0 Å². The average molecular weight is 159 g/mol. The maximum absolute atomic E-state index is 8.34. The minimum absolute atomic E-state index is 0. The van der Waals surface area contributed by atoms with Gasteiger partial charge in [0.15, 0.2) is 0 Å². The fourth-order valence-electron chi connectivity index (χ4n) is 0.443. The van der Waals surface area contributed by atoms with E-state index < -0.39 is 0 Å². The number of aliphatic hydroxyl groups excluding tert-OH is 1. The predicted octanol–water partition coefficient (Wildman–Crippen LogP) is 0.886. The first kappa shape index (κ1) is 13.3. The first-order valence-corrected chi connectivity index (χ1v) is 3.25. The van der Waals surface area contributed by atoms with Crippen molar-refractivity contribution in [3.63, 3.8) is 0 Å². The zero-order chi connectivity index (χ0) is 7.33. The molecule has 0 atom stereocenters. The minimum atomic E-state index is 0. The maximum Gasteiger partial charge on any atom is 2.00 e. The molecule has 0 rings (SSSR count). The van der Waals surface area contributed by atoms with Crippen LogP contribution >= 0.6 is 0 Å². The number of ether oxygens (including phenoxy) is 1. The van der Waals surface area contributed by atoms with Crippen LogP contribution in [0.4, 0.5) is 0 Å². The number of aliphatic hydroxyl groups is 1. The van der Waals surface area contributed by atoms with Gasteiger partial charge in [-0.2, -0.15) is 0 Å². The summed E-state index contributed by atoms with van der Waals surface area (Å²) < 4.78 is 5.10. The molecule has 0 radical (unpaired) electrons. The first-order chi connectivity index (χ1) is 4.06. The maximum atomic E-state index is 8.34. The van der Waals surface area contributed by atoms with E-state index in [4.69, 9.17) is 9.84 Å². The number of hydrogen-bond acceptors (Lipinski definition) is 2. The molecule has 0 aliphatic rings. The average Bonchev–Trinajstić information content (AvgIpc) is 1.63. The summed E-state index contributed by atoms with van der Waals surface area (Å²) in [6.07, 6.45) is 0. The molecule has 0 saturated heterocycles. The molecule has 0 bridgehead atoms. The molecular formula is C7H18MgO2. The van der Waals surface area contributed by atoms with Crippen LogP contribution in [0.3, 0.4) is 0 Å². The minimum Gasteiger partial charge on any atom is -1.00 e. The molecular weight excluding hydrogens is 140 g/mol. The molecule has 0 aromatic carbocycles. The van der Waals surface area contributed by atoms with Crippen LogP contribution in [0.15, 0.2) is 0 Å². The van der Waals surface area contributed by atoms with E-state index in [2.05, 4.69) is 20.8 Å². The van der Waals surface area contributed by atoms with Gasteiger partial charge in [-0.15, -0.1) is 0 Å². The fourth-order valence-corrected chi connectivity index (χ4v) is 0.443. The van der Waals surface area contributed by atoms with Gasteiger partial charge in [0, 0.05) is 0 Å². The Labute approximate surface area is 82.1 Å². The molecule has 0 aromatic heterocycles. The van der Waals surface area contributed by atoms with E-state index in [1.807, 2.05) is 0 Å². The Bertz CT molecular complexity index is 76.3. The second kappa shape index (κ2) is 6.40. The van der Waals surface area contributed by atoms with Crippen molar-refractivity contribution in [3.05, 3.63) is 0 Å². The monoisotopic (exact) mass is 158 g/mol. The Hall–Kier alpha value is 0.686. The second-order valence-electron chi connectivity index (χ2n) is 3.34. The van der Waals surface area contributed by atoms with Crippen molar-refractivity contribution in [2.24, 2.45) is 5.41 Å². The van der Waals surface area contributed by atoms with Gasteiger partial charge in [0.1, 0.15) is 0 Å². The molecule has 0 amide bonds. The van der Waals surface area contributed by atoms with Gasteiger partial charge in [0.25, 0.3) is 0 Å². The first-order valence-electron chi connectivity index (χ1n) is 3.25. The molecule has 60 valence electrons. The van der Waals surface area contributed by atoms with Gasteiger partial charge in [0.2, 0.25) is 0 Å². The third kappa shape index (κ3) is 11.5. The summed E-state index contributed by atoms with van der Waals surface area (Å²) in [7, 11) is 0. The van der Waals surface area contributed by atoms with Crippen LogP contribution in [0.1, 0.15) is 23.6 Å². The van der Waals surface area contributed by atoms with Gasteiger partial charge in [-0.05, 0) is 5.41 Å². The topological polar surface area (TPSA) is 29.5 Å². The summed E-state index contributed by atoms with van der Waals surface area (Å²) in [5, 5.41) is 8.34. The van der Waals surface area contributed by atoms with E-state index in [0.29, 0.717) is 13.2 Å². The molecule has 0 fully saturated rings. The van der Waals surface area contributed by atoms with Crippen LogP contribution < -0.4 is 0 Å². The molecule has 0 saturated carbocycles.